The van der Waals surface area contributed by atoms with Crippen molar-refractivity contribution in [3.05, 3.63) is 59.2 Å². The molecule has 0 radical (unpaired) electrons. The summed E-state index contributed by atoms with van der Waals surface area (Å²) in [5, 5.41) is 5.75. The number of nitrogens with zero attached hydrogens (tertiary/aromatic N) is 6. The van der Waals surface area contributed by atoms with Crippen molar-refractivity contribution in [3.63, 3.8) is 0 Å². The molecule has 3 aromatic heterocycles. The molecule has 4 heterocycles. The Labute approximate surface area is 206 Å². The number of halogens is 1. The zero-order valence-corrected chi connectivity index (χ0v) is 20.0. The molecule has 1 atom stereocenters. The summed E-state index contributed by atoms with van der Waals surface area (Å²) in [4.78, 5) is 34.9. The van der Waals surface area contributed by atoms with Gasteiger partial charge in [-0.05, 0) is 37.5 Å². The molecule has 0 bridgehead atoms. The Morgan fingerprint density at radius 3 is 2.83 bits per heavy atom. The number of benzene rings is 1. The van der Waals surface area contributed by atoms with Gasteiger partial charge in [-0.25, -0.2) is 9.97 Å². The number of pyridine rings is 1. The van der Waals surface area contributed by atoms with E-state index >= 15 is 0 Å². The number of ketones is 1. The second-order valence-corrected chi connectivity index (χ2v) is 8.89. The third-order valence-electron chi connectivity index (χ3n) is 6.26. The molecule has 1 amide bonds. The topological polar surface area (TPSA) is 112 Å². The van der Waals surface area contributed by atoms with Gasteiger partial charge in [-0.1, -0.05) is 24.1 Å². The van der Waals surface area contributed by atoms with Crippen molar-refractivity contribution < 1.29 is 9.59 Å². The molecule has 0 saturated carbocycles. The van der Waals surface area contributed by atoms with Crippen LogP contribution in [0.5, 0.6) is 0 Å². The highest BCUT2D eigenvalue weighted by molar-refractivity contribution is 6.32. The highest BCUT2D eigenvalue weighted by Crippen LogP contribution is 2.32. The van der Waals surface area contributed by atoms with Crippen molar-refractivity contribution >= 4 is 51.0 Å². The number of Topliss-reactive ketones (excluding diaryl/α,β-unsaturated/α-hetero) is 1. The standard InChI is InChI=1S/C25H22ClN7O2/c1-4-22(35)32-8-7-16(12-32)33-24-17(14(2)34)11-28-25(27)23(24)19(30-33)6-5-15-9-20-21(10-18(15)26)31(3)13-29-20/h4,9-11,13,16H,1,7-8,12H2,2-3H3,(H2,27,28)/t16-/m0/s1. The molecule has 2 N–H and O–H groups in total. The Kier molecular flexibility index (Phi) is 5.53. The van der Waals surface area contributed by atoms with Crippen LogP contribution in [0.4, 0.5) is 5.82 Å². The number of anilines is 1. The molecule has 0 spiro atoms. The zero-order valence-electron chi connectivity index (χ0n) is 19.2. The van der Waals surface area contributed by atoms with Gasteiger partial charge >= 0.3 is 0 Å². The fourth-order valence-corrected chi connectivity index (χ4v) is 4.65. The lowest BCUT2D eigenvalue weighted by Gasteiger charge is -2.16. The van der Waals surface area contributed by atoms with Gasteiger partial charge in [0.25, 0.3) is 0 Å². The molecule has 1 fully saturated rings. The van der Waals surface area contributed by atoms with Crippen LogP contribution < -0.4 is 5.73 Å². The number of carbonyl (C=O) groups is 2. The molecule has 0 unspecified atom stereocenters. The molecule has 0 aliphatic carbocycles. The number of hydrogen-bond acceptors (Lipinski definition) is 6. The molecular weight excluding hydrogens is 466 g/mol. The van der Waals surface area contributed by atoms with Crippen molar-refractivity contribution in [1.82, 2.24) is 29.2 Å². The minimum absolute atomic E-state index is 0.142. The third-order valence-corrected chi connectivity index (χ3v) is 6.57. The fourth-order valence-electron chi connectivity index (χ4n) is 4.45. The van der Waals surface area contributed by atoms with Gasteiger partial charge < -0.3 is 15.2 Å². The molecule has 1 saturated heterocycles. The van der Waals surface area contributed by atoms with Crippen molar-refractivity contribution in [2.75, 3.05) is 18.8 Å². The Hall–Kier alpha value is -4.16. The maximum Gasteiger partial charge on any atom is 0.246 e. The number of fused-ring (bicyclic) bond motifs is 2. The van der Waals surface area contributed by atoms with Crippen LogP contribution in [0.2, 0.25) is 5.02 Å². The molecule has 1 aromatic carbocycles. The van der Waals surface area contributed by atoms with Gasteiger partial charge in [0.1, 0.15) is 11.5 Å². The highest BCUT2D eigenvalue weighted by Gasteiger charge is 2.30. The average Bonchev–Trinajstić information content (AvgIpc) is 3.55. The predicted octanol–water partition coefficient (Wildman–Crippen LogP) is 3.12. The van der Waals surface area contributed by atoms with Crippen LogP contribution in [0.25, 0.3) is 21.9 Å². The van der Waals surface area contributed by atoms with Crippen LogP contribution in [-0.2, 0) is 11.8 Å². The molecular formula is C25H22ClN7O2. The van der Waals surface area contributed by atoms with Crippen molar-refractivity contribution in [2.45, 2.75) is 19.4 Å². The SMILES string of the molecule is C=CC(=O)N1CC[C@H](n2nc(C#Cc3cc4ncn(C)c4cc3Cl)c3c(N)ncc(C(C)=O)c32)C1. The normalized spacial score (nSPS) is 15.4. The van der Waals surface area contributed by atoms with Crippen LogP contribution in [0, 0.1) is 11.8 Å². The number of aromatic nitrogens is 5. The van der Waals surface area contributed by atoms with Gasteiger partial charge in [-0.15, -0.1) is 0 Å². The first-order valence-corrected chi connectivity index (χ1v) is 11.4. The summed E-state index contributed by atoms with van der Waals surface area (Å²) >= 11 is 6.49. The van der Waals surface area contributed by atoms with Crippen LogP contribution in [0.15, 0.2) is 37.3 Å². The lowest BCUT2D eigenvalue weighted by Crippen LogP contribution is -2.27. The summed E-state index contributed by atoms with van der Waals surface area (Å²) in [6, 6.07) is 3.49. The predicted molar refractivity (Wildman–Crippen MR) is 134 cm³/mol. The van der Waals surface area contributed by atoms with Crippen molar-refractivity contribution in [1.29, 1.82) is 0 Å². The van der Waals surface area contributed by atoms with E-state index in [4.69, 9.17) is 22.4 Å². The number of imidazole rings is 1. The van der Waals surface area contributed by atoms with Crippen molar-refractivity contribution in [2.24, 2.45) is 7.05 Å². The average molecular weight is 488 g/mol. The van der Waals surface area contributed by atoms with E-state index in [2.05, 4.69) is 28.4 Å². The summed E-state index contributed by atoms with van der Waals surface area (Å²) in [6.45, 7) is 6.04. The van der Waals surface area contributed by atoms with Crippen LogP contribution in [-0.4, -0.2) is 54.0 Å². The molecule has 1 aliphatic heterocycles. The fraction of sp³-hybridized carbons (Fsp3) is 0.240. The van der Waals surface area contributed by atoms with E-state index in [1.165, 1.54) is 19.2 Å². The summed E-state index contributed by atoms with van der Waals surface area (Å²) in [5.41, 5.74) is 9.87. The second kappa shape index (κ2) is 8.56. The van der Waals surface area contributed by atoms with Gasteiger partial charge in [0.15, 0.2) is 5.78 Å². The summed E-state index contributed by atoms with van der Waals surface area (Å²) in [6.07, 6.45) is 5.14. The van der Waals surface area contributed by atoms with E-state index in [1.54, 1.807) is 15.9 Å². The van der Waals surface area contributed by atoms with Gasteiger partial charge in [-0.3, -0.25) is 14.3 Å². The molecule has 10 heteroatoms. The monoisotopic (exact) mass is 487 g/mol. The van der Waals surface area contributed by atoms with E-state index in [0.29, 0.717) is 52.3 Å². The minimum atomic E-state index is -0.163. The number of likely N-dealkylation sites (tertiary alicyclic amines) is 1. The summed E-state index contributed by atoms with van der Waals surface area (Å²) < 4.78 is 3.64. The first-order chi connectivity index (χ1) is 16.8. The largest absolute Gasteiger partial charge is 0.383 e. The maximum atomic E-state index is 12.5. The van der Waals surface area contributed by atoms with E-state index in [-0.39, 0.29) is 23.6 Å². The van der Waals surface area contributed by atoms with Gasteiger partial charge in [-0.2, -0.15) is 5.10 Å². The minimum Gasteiger partial charge on any atom is -0.383 e. The first-order valence-electron chi connectivity index (χ1n) is 11.0. The smallest absolute Gasteiger partial charge is 0.246 e. The molecule has 9 nitrogen and oxygen atoms in total. The quantitative estimate of drug-likeness (QED) is 0.270. The van der Waals surface area contributed by atoms with Gasteiger partial charge in [0.2, 0.25) is 5.91 Å². The number of aryl methyl sites for hydroxylation is 1. The second-order valence-electron chi connectivity index (χ2n) is 8.49. The Balaban J connectivity index is 1.66. The number of amides is 1. The van der Waals surface area contributed by atoms with E-state index in [0.717, 1.165) is 11.0 Å². The van der Waals surface area contributed by atoms with Crippen LogP contribution in [0.3, 0.4) is 0 Å². The number of nitrogen functional groups attached to an aromatic ring is 1. The van der Waals surface area contributed by atoms with E-state index in [1.807, 2.05) is 23.7 Å². The number of rotatable bonds is 3. The first kappa shape index (κ1) is 22.6. The third kappa shape index (κ3) is 3.82. The Morgan fingerprint density at radius 2 is 2.09 bits per heavy atom. The summed E-state index contributed by atoms with van der Waals surface area (Å²) in [7, 11) is 1.89. The van der Waals surface area contributed by atoms with Crippen molar-refractivity contribution in [3.8, 4) is 11.8 Å². The zero-order chi connectivity index (χ0) is 24.9. The molecule has 176 valence electrons. The van der Waals surface area contributed by atoms with Crippen LogP contribution in [0.1, 0.15) is 41.0 Å². The van der Waals surface area contributed by atoms with E-state index < -0.39 is 0 Å². The lowest BCUT2D eigenvalue weighted by atomic mass is 10.1. The highest BCUT2D eigenvalue weighted by atomic mass is 35.5. The summed E-state index contributed by atoms with van der Waals surface area (Å²) in [5.74, 6) is 6.09. The van der Waals surface area contributed by atoms with Gasteiger partial charge in [0, 0.05) is 31.9 Å². The number of nitrogens with two attached hydrogens (primary N) is 1. The molecule has 1 aliphatic rings. The Morgan fingerprint density at radius 1 is 1.29 bits per heavy atom. The number of carbonyl (C=O) groups excluding carboxylic acids is 2. The molecule has 5 rings (SSSR count). The van der Waals surface area contributed by atoms with Gasteiger partial charge in [0.05, 0.1) is 44.9 Å². The lowest BCUT2D eigenvalue weighted by molar-refractivity contribution is -0.125. The number of hydrogen-bond donors (Lipinski definition) is 1. The molecule has 4 aromatic rings. The Bertz CT molecular complexity index is 1610. The molecule has 35 heavy (non-hydrogen) atoms. The maximum absolute atomic E-state index is 12.5. The van der Waals surface area contributed by atoms with E-state index in [9.17, 15) is 9.59 Å². The van der Waals surface area contributed by atoms with Crippen LogP contribution >= 0.6 is 11.6 Å².